The molecule has 0 amide bonds. The van der Waals surface area contributed by atoms with E-state index in [1.54, 1.807) is 11.3 Å². The van der Waals surface area contributed by atoms with Crippen molar-refractivity contribution in [3.63, 3.8) is 0 Å². The number of aromatic nitrogens is 1. The highest BCUT2D eigenvalue weighted by Gasteiger charge is 2.14. The van der Waals surface area contributed by atoms with E-state index in [1.165, 1.54) is 0 Å². The number of anilines is 1. The van der Waals surface area contributed by atoms with Gasteiger partial charge < -0.3 is 10.6 Å². The fourth-order valence-electron chi connectivity index (χ4n) is 1.40. The maximum atomic E-state index is 5.54. The third-order valence-corrected chi connectivity index (χ3v) is 3.50. The predicted octanol–water partition coefficient (Wildman–Crippen LogP) is 2.60. The second-order valence-electron chi connectivity index (χ2n) is 3.98. The Morgan fingerprint density at radius 2 is 2.31 bits per heavy atom. The lowest BCUT2D eigenvalue weighted by atomic mass is 10.3. The number of nitrogens with two attached hydrogens (primary N) is 1. The van der Waals surface area contributed by atoms with Gasteiger partial charge in [0.25, 0.3) is 0 Å². The van der Waals surface area contributed by atoms with E-state index in [1.807, 2.05) is 0 Å². The Labute approximate surface area is 107 Å². The van der Waals surface area contributed by atoms with Crippen LogP contribution in [0.2, 0.25) is 0 Å². The van der Waals surface area contributed by atoms with Crippen molar-refractivity contribution in [2.45, 2.75) is 39.7 Å². The zero-order valence-electron chi connectivity index (χ0n) is 10.1. The van der Waals surface area contributed by atoms with Crippen LogP contribution in [-0.2, 0) is 6.42 Å². The van der Waals surface area contributed by atoms with Gasteiger partial charge in [0.05, 0.1) is 10.7 Å². The quantitative estimate of drug-likeness (QED) is 0.795. The summed E-state index contributed by atoms with van der Waals surface area (Å²) in [5.74, 6) is 0. The monoisotopic (exact) mass is 257 g/mol. The van der Waals surface area contributed by atoms with Gasteiger partial charge in [0, 0.05) is 24.4 Å². The van der Waals surface area contributed by atoms with Gasteiger partial charge >= 0.3 is 0 Å². The molecule has 0 unspecified atom stereocenters. The van der Waals surface area contributed by atoms with Crippen molar-refractivity contribution in [2.24, 2.45) is 5.73 Å². The summed E-state index contributed by atoms with van der Waals surface area (Å²) in [6.07, 6.45) is 1.73. The molecule has 1 heterocycles. The predicted molar refractivity (Wildman–Crippen MR) is 75.4 cm³/mol. The minimum absolute atomic E-state index is 0.421. The molecule has 0 atom stereocenters. The molecule has 0 spiro atoms. The summed E-state index contributed by atoms with van der Waals surface area (Å²) >= 11 is 6.61. The number of thiazole rings is 1. The van der Waals surface area contributed by atoms with E-state index in [-0.39, 0.29) is 0 Å². The van der Waals surface area contributed by atoms with Crippen LogP contribution in [0.1, 0.15) is 32.9 Å². The van der Waals surface area contributed by atoms with Crippen molar-refractivity contribution in [3.05, 3.63) is 11.1 Å². The minimum atomic E-state index is 0.421. The summed E-state index contributed by atoms with van der Waals surface area (Å²) in [6, 6.07) is 0.421. The number of thiocarbonyl (C=S) groups is 1. The van der Waals surface area contributed by atoms with Crippen LogP contribution in [0.3, 0.4) is 0 Å². The molecule has 5 heteroatoms. The van der Waals surface area contributed by atoms with Crippen molar-refractivity contribution in [1.29, 1.82) is 0 Å². The molecular weight excluding hydrogens is 238 g/mol. The second-order valence-corrected chi connectivity index (χ2v) is 5.34. The smallest absolute Gasteiger partial charge is 0.185 e. The van der Waals surface area contributed by atoms with Gasteiger partial charge in [0.1, 0.15) is 0 Å². The fourth-order valence-corrected chi connectivity index (χ4v) is 2.56. The maximum absolute atomic E-state index is 5.54. The summed E-state index contributed by atoms with van der Waals surface area (Å²) in [5, 5.41) is 3.19. The van der Waals surface area contributed by atoms with Crippen LogP contribution in [0.5, 0.6) is 0 Å². The Morgan fingerprint density at radius 1 is 1.62 bits per heavy atom. The summed E-state index contributed by atoms with van der Waals surface area (Å²) in [4.78, 5) is 7.41. The zero-order chi connectivity index (χ0) is 12.1. The van der Waals surface area contributed by atoms with Gasteiger partial charge in [-0.15, -0.1) is 11.3 Å². The highest BCUT2D eigenvalue weighted by atomic mass is 32.1. The first kappa shape index (κ1) is 13.4. The average Bonchev–Trinajstić information content (AvgIpc) is 2.65. The first-order chi connectivity index (χ1) is 7.54. The van der Waals surface area contributed by atoms with Gasteiger partial charge in [0.2, 0.25) is 0 Å². The van der Waals surface area contributed by atoms with Gasteiger partial charge in [-0.2, -0.15) is 0 Å². The van der Waals surface area contributed by atoms with Gasteiger partial charge in [-0.05, 0) is 20.3 Å². The van der Waals surface area contributed by atoms with E-state index in [9.17, 15) is 0 Å². The Balaban J connectivity index is 2.72. The Hall–Kier alpha value is -0.680. The Morgan fingerprint density at radius 3 is 2.75 bits per heavy atom. The third kappa shape index (κ3) is 3.72. The molecule has 0 bridgehead atoms. The molecule has 1 rings (SSSR count). The molecule has 0 saturated carbocycles. The van der Waals surface area contributed by atoms with Crippen molar-refractivity contribution < 1.29 is 0 Å². The molecule has 0 fully saturated rings. The molecule has 0 aliphatic heterocycles. The highest BCUT2D eigenvalue weighted by Crippen LogP contribution is 2.23. The number of aryl methyl sites for hydroxylation is 1. The first-order valence-corrected chi connectivity index (χ1v) is 6.82. The summed E-state index contributed by atoms with van der Waals surface area (Å²) < 4.78 is 0. The van der Waals surface area contributed by atoms with E-state index in [0.717, 1.165) is 30.2 Å². The number of hydrogen-bond acceptors (Lipinski definition) is 4. The van der Waals surface area contributed by atoms with Crippen LogP contribution in [0.15, 0.2) is 5.38 Å². The van der Waals surface area contributed by atoms with Gasteiger partial charge in [-0.25, -0.2) is 4.98 Å². The lowest BCUT2D eigenvalue weighted by molar-refractivity contribution is 0.687. The van der Waals surface area contributed by atoms with Crippen molar-refractivity contribution in [2.75, 3.05) is 11.4 Å². The molecule has 1 aromatic rings. The van der Waals surface area contributed by atoms with E-state index in [4.69, 9.17) is 18.0 Å². The van der Waals surface area contributed by atoms with Crippen LogP contribution >= 0.6 is 23.6 Å². The molecule has 3 nitrogen and oxygen atoms in total. The van der Waals surface area contributed by atoms with Gasteiger partial charge in [0.15, 0.2) is 5.13 Å². The first-order valence-electron chi connectivity index (χ1n) is 5.54. The zero-order valence-corrected chi connectivity index (χ0v) is 11.7. The van der Waals surface area contributed by atoms with Crippen LogP contribution in [0, 0.1) is 0 Å². The Bertz CT molecular complexity index is 347. The van der Waals surface area contributed by atoms with E-state index < -0.39 is 0 Å². The lowest BCUT2D eigenvalue weighted by Crippen LogP contribution is -2.33. The lowest BCUT2D eigenvalue weighted by Gasteiger charge is -2.25. The second kappa shape index (κ2) is 6.15. The Kier molecular flexibility index (Phi) is 5.15. The summed E-state index contributed by atoms with van der Waals surface area (Å²) in [7, 11) is 0. The maximum Gasteiger partial charge on any atom is 0.185 e. The van der Waals surface area contributed by atoms with Gasteiger partial charge in [-0.3, -0.25) is 0 Å². The molecule has 0 saturated heterocycles. The molecule has 16 heavy (non-hydrogen) atoms. The average molecular weight is 257 g/mol. The van der Waals surface area contributed by atoms with E-state index in [2.05, 4.69) is 36.0 Å². The van der Waals surface area contributed by atoms with Crippen molar-refractivity contribution in [3.8, 4) is 0 Å². The van der Waals surface area contributed by atoms with Crippen LogP contribution < -0.4 is 10.6 Å². The summed E-state index contributed by atoms with van der Waals surface area (Å²) in [5.41, 5.74) is 6.69. The summed E-state index contributed by atoms with van der Waals surface area (Å²) in [6.45, 7) is 7.29. The minimum Gasteiger partial charge on any atom is -0.393 e. The molecular formula is C11H19N3S2. The molecule has 90 valence electrons. The molecule has 0 aliphatic rings. The van der Waals surface area contributed by atoms with Crippen LogP contribution in [-0.4, -0.2) is 22.6 Å². The van der Waals surface area contributed by atoms with Crippen molar-refractivity contribution in [1.82, 2.24) is 4.98 Å². The van der Waals surface area contributed by atoms with Crippen molar-refractivity contribution >= 4 is 33.7 Å². The molecule has 2 N–H and O–H groups in total. The van der Waals surface area contributed by atoms with Gasteiger partial charge in [-0.1, -0.05) is 19.1 Å². The normalized spacial score (nSPS) is 10.8. The molecule has 1 aromatic heterocycles. The molecule has 0 aromatic carbocycles. The topological polar surface area (TPSA) is 42.1 Å². The molecule has 0 aliphatic carbocycles. The number of rotatable bonds is 6. The third-order valence-electron chi connectivity index (χ3n) is 2.37. The highest BCUT2D eigenvalue weighted by molar-refractivity contribution is 7.80. The largest absolute Gasteiger partial charge is 0.393 e. The fraction of sp³-hybridized carbons (Fsp3) is 0.636. The number of nitrogens with zero attached hydrogens (tertiary/aromatic N) is 2. The number of hydrogen-bond donors (Lipinski definition) is 1. The standard InChI is InChI=1S/C11H19N3S2/c1-4-9-7-16-11(13-9)14(8(2)3)6-5-10(12)15/h7-8H,4-6H2,1-3H3,(H2,12,15). The van der Waals surface area contributed by atoms with Crippen LogP contribution in [0.4, 0.5) is 5.13 Å². The van der Waals surface area contributed by atoms with Crippen LogP contribution in [0.25, 0.3) is 0 Å². The molecule has 0 radical (unpaired) electrons. The SMILES string of the molecule is CCc1csc(N(CCC(N)=S)C(C)C)n1. The van der Waals surface area contributed by atoms with E-state index >= 15 is 0 Å². The van der Waals surface area contributed by atoms with E-state index in [0.29, 0.717) is 11.0 Å².